The van der Waals surface area contributed by atoms with Crippen molar-refractivity contribution in [3.05, 3.63) is 36.0 Å². The number of primary amides is 1. The van der Waals surface area contributed by atoms with Crippen molar-refractivity contribution in [3.63, 3.8) is 0 Å². The highest BCUT2D eigenvalue weighted by atomic mass is 16.4. The number of nitrogens with zero attached hydrogens (tertiary/aromatic N) is 1. The van der Waals surface area contributed by atoms with Gasteiger partial charge < -0.3 is 49.0 Å². The number of fused-ring (bicyclic) bond motifs is 1. The van der Waals surface area contributed by atoms with E-state index in [4.69, 9.17) is 22.9 Å². The number of hydrogen-bond acceptors (Lipinski definition) is 7. The third-order valence-electron chi connectivity index (χ3n) is 6.67. The average molecular weight is 602 g/mol. The van der Waals surface area contributed by atoms with Gasteiger partial charge in [-0.1, -0.05) is 32.0 Å². The number of aliphatic carboxylic acids is 1. The molecule has 15 nitrogen and oxygen atoms in total. The fourth-order valence-electron chi connectivity index (χ4n) is 4.45. The summed E-state index contributed by atoms with van der Waals surface area (Å²) in [5.41, 5.74) is 23.2. The van der Waals surface area contributed by atoms with Gasteiger partial charge in [-0.3, -0.25) is 24.2 Å². The van der Waals surface area contributed by atoms with Crippen LogP contribution >= 0.6 is 0 Å². The van der Waals surface area contributed by atoms with E-state index in [0.717, 1.165) is 10.9 Å². The number of hydrogen-bond donors (Lipinski definition) is 9. The molecule has 1 aromatic heterocycles. The molecule has 15 heteroatoms. The van der Waals surface area contributed by atoms with E-state index in [9.17, 15) is 29.1 Å². The lowest BCUT2D eigenvalue weighted by molar-refractivity contribution is -0.142. The maximum absolute atomic E-state index is 13.5. The van der Waals surface area contributed by atoms with Gasteiger partial charge in [0, 0.05) is 36.5 Å². The van der Waals surface area contributed by atoms with Crippen LogP contribution in [0.4, 0.5) is 0 Å². The second-order valence-electron chi connectivity index (χ2n) is 10.8. The maximum Gasteiger partial charge on any atom is 0.326 e. The smallest absolute Gasteiger partial charge is 0.326 e. The Bertz CT molecular complexity index is 1300. The normalized spacial score (nSPS) is 13.9. The lowest BCUT2D eigenvalue weighted by Crippen LogP contribution is -2.57. The Kier molecular flexibility index (Phi) is 13.4. The second-order valence-corrected chi connectivity index (χ2v) is 10.8. The van der Waals surface area contributed by atoms with Crippen molar-refractivity contribution in [3.8, 4) is 0 Å². The van der Waals surface area contributed by atoms with Gasteiger partial charge in [-0.25, -0.2) is 4.79 Å². The molecule has 0 radical (unpaired) electrons. The summed E-state index contributed by atoms with van der Waals surface area (Å²) in [4.78, 5) is 69.7. The van der Waals surface area contributed by atoms with Gasteiger partial charge in [-0.2, -0.15) is 0 Å². The molecule has 0 spiro atoms. The highest BCUT2D eigenvalue weighted by molar-refractivity contribution is 5.95. The molecule has 0 aliphatic heterocycles. The van der Waals surface area contributed by atoms with Gasteiger partial charge in [0.25, 0.3) is 0 Å². The molecule has 2 rings (SSSR count). The Hall–Kier alpha value is -4.66. The second kappa shape index (κ2) is 16.7. The summed E-state index contributed by atoms with van der Waals surface area (Å²) in [5.74, 6) is -4.04. The number of nitrogens with two attached hydrogens (primary N) is 4. The highest BCUT2D eigenvalue weighted by Crippen LogP contribution is 2.19. The van der Waals surface area contributed by atoms with Crippen molar-refractivity contribution in [2.45, 2.75) is 76.5 Å². The van der Waals surface area contributed by atoms with Gasteiger partial charge in [0.2, 0.25) is 23.6 Å². The van der Waals surface area contributed by atoms with E-state index in [1.807, 2.05) is 38.1 Å². The number of carboxylic acids is 1. The van der Waals surface area contributed by atoms with Crippen LogP contribution in [-0.2, 0) is 30.4 Å². The predicted octanol–water partition coefficient (Wildman–Crippen LogP) is -1.06. The van der Waals surface area contributed by atoms with Crippen molar-refractivity contribution in [1.29, 1.82) is 0 Å². The van der Waals surface area contributed by atoms with Crippen LogP contribution in [-0.4, -0.2) is 76.4 Å². The summed E-state index contributed by atoms with van der Waals surface area (Å²) in [6, 6.07) is 2.81. The van der Waals surface area contributed by atoms with Gasteiger partial charge in [-0.15, -0.1) is 0 Å². The number of carbonyl (C=O) groups is 5. The molecule has 0 saturated heterocycles. The molecule has 236 valence electrons. The molecular formula is C28H43N9O6. The Morgan fingerprint density at radius 1 is 0.907 bits per heavy atom. The van der Waals surface area contributed by atoms with E-state index < -0.39 is 53.8 Å². The largest absolute Gasteiger partial charge is 0.480 e. The number of guanidine groups is 1. The third kappa shape index (κ3) is 11.6. The highest BCUT2D eigenvalue weighted by Gasteiger charge is 2.31. The van der Waals surface area contributed by atoms with Gasteiger partial charge >= 0.3 is 5.97 Å². The summed E-state index contributed by atoms with van der Waals surface area (Å²) in [5, 5.41) is 18.4. The van der Waals surface area contributed by atoms with E-state index in [0.29, 0.717) is 5.56 Å². The first-order valence-corrected chi connectivity index (χ1v) is 14.1. The molecule has 0 saturated carbocycles. The quantitative estimate of drug-likeness (QED) is 0.0571. The molecule has 0 aliphatic rings. The number of aromatic amines is 1. The van der Waals surface area contributed by atoms with Crippen molar-refractivity contribution >= 4 is 46.5 Å². The number of benzene rings is 1. The van der Waals surface area contributed by atoms with Crippen molar-refractivity contribution in [1.82, 2.24) is 20.9 Å². The molecule has 0 fully saturated rings. The van der Waals surface area contributed by atoms with E-state index in [2.05, 4.69) is 25.9 Å². The van der Waals surface area contributed by atoms with E-state index in [1.54, 1.807) is 6.20 Å². The fourth-order valence-corrected chi connectivity index (χ4v) is 4.45. The molecule has 4 unspecified atom stereocenters. The molecule has 4 amide bonds. The molecule has 2 aromatic rings. The van der Waals surface area contributed by atoms with Gasteiger partial charge in [0.15, 0.2) is 5.96 Å². The fraction of sp³-hybridized carbons (Fsp3) is 0.500. The lowest BCUT2D eigenvalue weighted by atomic mass is 10.00. The summed E-state index contributed by atoms with van der Waals surface area (Å²) < 4.78 is 0. The number of para-hydroxylation sites is 1. The summed E-state index contributed by atoms with van der Waals surface area (Å²) in [6.45, 7) is 3.89. The number of amides is 4. The van der Waals surface area contributed by atoms with Gasteiger partial charge in [0.05, 0.1) is 6.04 Å². The molecule has 0 aliphatic carbocycles. The number of rotatable bonds is 18. The van der Waals surface area contributed by atoms with Crippen LogP contribution in [0.3, 0.4) is 0 Å². The summed E-state index contributed by atoms with van der Waals surface area (Å²) in [6.07, 6.45) is 2.20. The minimum absolute atomic E-state index is 0.00252. The first kappa shape index (κ1) is 34.5. The first-order chi connectivity index (χ1) is 20.3. The molecule has 1 heterocycles. The van der Waals surface area contributed by atoms with Gasteiger partial charge in [0.1, 0.15) is 18.1 Å². The zero-order valence-electron chi connectivity index (χ0n) is 24.5. The Balaban J connectivity index is 2.28. The van der Waals surface area contributed by atoms with E-state index in [1.165, 1.54) is 0 Å². The molecule has 0 bridgehead atoms. The molecular weight excluding hydrogens is 558 g/mol. The van der Waals surface area contributed by atoms with E-state index in [-0.39, 0.29) is 56.9 Å². The van der Waals surface area contributed by atoms with Crippen molar-refractivity contribution in [2.75, 3.05) is 6.54 Å². The standard InChI is InChI=1S/C28H43N9O6/c1-15(2)12-21(36-24(39)18(29)9-10-23(30)38)25(40)37-22(13-16-14-34-19-7-4-3-6-17(16)19)26(41)35-20(27(42)43)8-5-11-33-28(31)32/h3-4,6-7,14-15,18,20-22,34H,5,8-13,29H2,1-2H3,(H2,30,38)(H,35,41)(H,36,39)(H,37,40)(H,42,43)(H4,31,32,33). The van der Waals surface area contributed by atoms with Crippen molar-refractivity contribution in [2.24, 2.45) is 33.8 Å². The number of aliphatic imine (C=N–C) groups is 1. The zero-order valence-corrected chi connectivity index (χ0v) is 24.5. The first-order valence-electron chi connectivity index (χ1n) is 14.1. The minimum Gasteiger partial charge on any atom is -0.480 e. The number of H-pyrrole nitrogens is 1. The summed E-state index contributed by atoms with van der Waals surface area (Å²) in [7, 11) is 0. The SMILES string of the molecule is CC(C)CC(NC(=O)C(N)CCC(N)=O)C(=O)NC(Cc1c[nH]c2ccccc12)C(=O)NC(CCCN=C(N)N)C(=O)O. The number of carbonyl (C=O) groups excluding carboxylic acids is 4. The van der Waals surface area contributed by atoms with Crippen LogP contribution < -0.4 is 38.9 Å². The third-order valence-corrected chi connectivity index (χ3v) is 6.67. The van der Waals surface area contributed by atoms with Crippen molar-refractivity contribution < 1.29 is 29.1 Å². The average Bonchev–Trinajstić information content (AvgIpc) is 3.34. The number of nitrogens with one attached hydrogen (secondary N) is 4. The van der Waals surface area contributed by atoms with Crippen LogP contribution in [0.15, 0.2) is 35.5 Å². The van der Waals surface area contributed by atoms with Crippen LogP contribution in [0.25, 0.3) is 10.9 Å². The zero-order chi connectivity index (χ0) is 32.1. The van der Waals surface area contributed by atoms with Crippen LogP contribution in [0.2, 0.25) is 0 Å². The Labute approximate surface area is 249 Å². The predicted molar refractivity (Wildman–Crippen MR) is 161 cm³/mol. The van der Waals surface area contributed by atoms with Crippen LogP contribution in [0, 0.1) is 5.92 Å². The van der Waals surface area contributed by atoms with Crippen LogP contribution in [0.5, 0.6) is 0 Å². The molecule has 4 atom stereocenters. The number of carboxylic acid groups (broad SMARTS) is 1. The Morgan fingerprint density at radius 3 is 2.16 bits per heavy atom. The molecule has 13 N–H and O–H groups in total. The Morgan fingerprint density at radius 2 is 1.53 bits per heavy atom. The van der Waals surface area contributed by atoms with Gasteiger partial charge in [-0.05, 0) is 43.2 Å². The molecule has 43 heavy (non-hydrogen) atoms. The maximum atomic E-state index is 13.5. The molecule has 1 aromatic carbocycles. The monoisotopic (exact) mass is 601 g/mol. The lowest BCUT2D eigenvalue weighted by Gasteiger charge is -2.26. The van der Waals surface area contributed by atoms with Crippen LogP contribution in [0.1, 0.15) is 51.5 Å². The summed E-state index contributed by atoms with van der Waals surface area (Å²) >= 11 is 0. The topological polar surface area (TPSA) is 274 Å². The minimum atomic E-state index is -1.27. The number of aromatic nitrogens is 1. The van der Waals surface area contributed by atoms with E-state index >= 15 is 0 Å².